The Bertz CT molecular complexity index is 520. The molecular weight excluding hydrogens is 332 g/mol. The van der Waals surface area contributed by atoms with Crippen LogP contribution in [0.2, 0.25) is 0 Å². The molecule has 0 radical (unpaired) electrons. The number of fused-ring (bicyclic) bond motifs is 1. The Kier molecular flexibility index (Phi) is 4.22. The minimum Gasteiger partial charge on any atom is -0.467 e. The Labute approximate surface area is 134 Å². The van der Waals surface area contributed by atoms with E-state index in [9.17, 15) is 4.79 Å². The molecule has 1 N–H and O–H groups in total. The number of piperidine rings is 1. The molecule has 1 aromatic carbocycles. The van der Waals surface area contributed by atoms with Crippen LogP contribution >= 0.6 is 15.9 Å². The number of nitrogens with zero attached hydrogens (tertiary/aromatic N) is 1. The monoisotopic (exact) mass is 352 g/mol. The molecule has 1 aromatic rings. The molecule has 0 aromatic heterocycles. The highest BCUT2D eigenvalue weighted by molar-refractivity contribution is 9.10. The van der Waals surface area contributed by atoms with Gasteiger partial charge in [0.1, 0.15) is 5.54 Å². The zero-order valence-corrected chi connectivity index (χ0v) is 13.9. The first-order valence-corrected chi connectivity index (χ1v) is 8.28. The standard InChI is InChI=1S/C16H21BrN2O2/c1-21-15(20)16(18-13-6-4-12(17)5-7-13)8-10-19-9-2-3-14(19)11-16/h4-7,14,18H,2-3,8-11H2,1H3. The molecule has 5 heteroatoms. The minimum atomic E-state index is -0.589. The van der Waals surface area contributed by atoms with E-state index in [0.717, 1.165) is 29.5 Å². The summed E-state index contributed by atoms with van der Waals surface area (Å²) in [5, 5.41) is 3.46. The van der Waals surface area contributed by atoms with Crippen molar-refractivity contribution in [3.05, 3.63) is 28.7 Å². The SMILES string of the molecule is COC(=O)C1(Nc2ccc(Br)cc2)CCN2CCCC2C1. The fourth-order valence-corrected chi connectivity index (χ4v) is 3.88. The molecule has 2 unspecified atom stereocenters. The molecule has 2 aliphatic heterocycles. The van der Waals surface area contributed by atoms with Gasteiger partial charge in [-0.15, -0.1) is 0 Å². The summed E-state index contributed by atoms with van der Waals surface area (Å²) in [6.07, 6.45) is 4.04. The lowest BCUT2D eigenvalue weighted by Gasteiger charge is -2.43. The highest BCUT2D eigenvalue weighted by atomic mass is 79.9. The lowest BCUT2D eigenvalue weighted by Crippen LogP contribution is -2.57. The Hall–Kier alpha value is -1.07. The largest absolute Gasteiger partial charge is 0.467 e. The highest BCUT2D eigenvalue weighted by Crippen LogP contribution is 2.36. The van der Waals surface area contributed by atoms with Gasteiger partial charge in [0.05, 0.1) is 7.11 Å². The average Bonchev–Trinajstić information content (AvgIpc) is 2.96. The van der Waals surface area contributed by atoms with Crippen molar-refractivity contribution < 1.29 is 9.53 Å². The Morgan fingerprint density at radius 3 is 2.86 bits per heavy atom. The Morgan fingerprint density at radius 2 is 2.14 bits per heavy atom. The number of ether oxygens (including phenoxy) is 1. The number of anilines is 1. The summed E-state index contributed by atoms with van der Waals surface area (Å²) in [5.41, 5.74) is 0.378. The first-order valence-electron chi connectivity index (χ1n) is 7.49. The van der Waals surface area contributed by atoms with E-state index in [1.807, 2.05) is 24.3 Å². The number of carbonyl (C=O) groups excluding carboxylic acids is 1. The van der Waals surface area contributed by atoms with Crippen molar-refractivity contribution in [1.82, 2.24) is 4.90 Å². The Balaban J connectivity index is 1.83. The summed E-state index contributed by atoms with van der Waals surface area (Å²) in [7, 11) is 1.48. The number of nitrogens with one attached hydrogen (secondary N) is 1. The van der Waals surface area contributed by atoms with E-state index >= 15 is 0 Å². The van der Waals surface area contributed by atoms with Gasteiger partial charge >= 0.3 is 5.97 Å². The first-order chi connectivity index (χ1) is 10.1. The van der Waals surface area contributed by atoms with Gasteiger partial charge in [-0.05, 0) is 56.5 Å². The van der Waals surface area contributed by atoms with E-state index < -0.39 is 5.54 Å². The molecule has 2 fully saturated rings. The summed E-state index contributed by atoms with van der Waals surface area (Å²) < 4.78 is 6.14. The summed E-state index contributed by atoms with van der Waals surface area (Å²) in [5.74, 6) is -0.142. The quantitative estimate of drug-likeness (QED) is 0.849. The van der Waals surface area contributed by atoms with Crippen molar-refractivity contribution in [1.29, 1.82) is 0 Å². The molecule has 0 spiro atoms. The number of benzene rings is 1. The van der Waals surface area contributed by atoms with Gasteiger partial charge in [0.2, 0.25) is 0 Å². The number of hydrogen-bond donors (Lipinski definition) is 1. The van der Waals surface area contributed by atoms with Crippen LogP contribution in [0.5, 0.6) is 0 Å². The maximum Gasteiger partial charge on any atom is 0.331 e. The first kappa shape index (κ1) is 14.9. The van der Waals surface area contributed by atoms with E-state index in [0.29, 0.717) is 6.04 Å². The molecule has 0 saturated carbocycles. The van der Waals surface area contributed by atoms with Gasteiger partial charge in [-0.25, -0.2) is 4.79 Å². The third-order valence-electron chi connectivity index (χ3n) is 4.71. The van der Waals surface area contributed by atoms with Crippen LogP contribution in [-0.4, -0.2) is 42.6 Å². The average molecular weight is 353 g/mol. The zero-order chi connectivity index (χ0) is 14.9. The fourth-order valence-electron chi connectivity index (χ4n) is 3.61. The van der Waals surface area contributed by atoms with Crippen molar-refractivity contribution in [2.45, 2.75) is 37.3 Å². The molecule has 0 amide bonds. The van der Waals surface area contributed by atoms with Gasteiger partial charge in [0, 0.05) is 22.7 Å². The lowest BCUT2D eigenvalue weighted by atomic mass is 9.83. The van der Waals surface area contributed by atoms with E-state index in [1.165, 1.54) is 26.5 Å². The number of rotatable bonds is 3. The maximum atomic E-state index is 12.4. The predicted molar refractivity (Wildman–Crippen MR) is 86.3 cm³/mol. The zero-order valence-electron chi connectivity index (χ0n) is 12.3. The number of hydrogen-bond acceptors (Lipinski definition) is 4. The van der Waals surface area contributed by atoms with Crippen molar-refractivity contribution in [3.8, 4) is 0 Å². The van der Waals surface area contributed by atoms with Gasteiger partial charge < -0.3 is 15.0 Å². The summed E-state index contributed by atoms with van der Waals surface area (Å²) in [4.78, 5) is 14.9. The van der Waals surface area contributed by atoms with Crippen LogP contribution in [-0.2, 0) is 9.53 Å². The Morgan fingerprint density at radius 1 is 1.38 bits per heavy atom. The molecule has 2 saturated heterocycles. The van der Waals surface area contributed by atoms with E-state index in [-0.39, 0.29) is 5.97 Å². The minimum absolute atomic E-state index is 0.142. The lowest BCUT2D eigenvalue weighted by molar-refractivity contribution is -0.148. The van der Waals surface area contributed by atoms with Crippen LogP contribution in [0.15, 0.2) is 28.7 Å². The molecule has 3 rings (SSSR count). The second-order valence-corrected chi connectivity index (χ2v) is 6.91. The molecule has 0 bridgehead atoms. The summed E-state index contributed by atoms with van der Waals surface area (Å²) in [6, 6.07) is 8.46. The molecule has 2 heterocycles. The van der Waals surface area contributed by atoms with Crippen molar-refractivity contribution in [2.24, 2.45) is 0 Å². The highest BCUT2D eigenvalue weighted by Gasteiger charge is 2.47. The second kappa shape index (κ2) is 5.97. The normalized spacial score (nSPS) is 29.0. The summed E-state index contributed by atoms with van der Waals surface area (Å²) >= 11 is 3.44. The van der Waals surface area contributed by atoms with Gasteiger partial charge in [0.25, 0.3) is 0 Å². The topological polar surface area (TPSA) is 41.6 Å². The van der Waals surface area contributed by atoms with Gasteiger partial charge in [-0.3, -0.25) is 0 Å². The number of halogens is 1. The van der Waals surface area contributed by atoms with Gasteiger partial charge in [-0.1, -0.05) is 15.9 Å². The molecule has 2 aliphatic rings. The third kappa shape index (κ3) is 2.94. The fraction of sp³-hybridized carbons (Fsp3) is 0.562. The molecule has 21 heavy (non-hydrogen) atoms. The third-order valence-corrected chi connectivity index (χ3v) is 5.24. The number of carbonyl (C=O) groups is 1. The molecular formula is C16H21BrN2O2. The molecule has 2 atom stereocenters. The molecule has 114 valence electrons. The van der Waals surface area contributed by atoms with Crippen LogP contribution < -0.4 is 5.32 Å². The van der Waals surface area contributed by atoms with E-state index in [1.54, 1.807) is 0 Å². The van der Waals surface area contributed by atoms with Crippen LogP contribution in [0.1, 0.15) is 25.7 Å². The van der Waals surface area contributed by atoms with Crippen LogP contribution in [0.3, 0.4) is 0 Å². The smallest absolute Gasteiger partial charge is 0.331 e. The number of methoxy groups -OCH3 is 1. The second-order valence-electron chi connectivity index (χ2n) is 5.99. The van der Waals surface area contributed by atoms with Crippen LogP contribution in [0.25, 0.3) is 0 Å². The van der Waals surface area contributed by atoms with Gasteiger partial charge in [-0.2, -0.15) is 0 Å². The summed E-state index contributed by atoms with van der Waals surface area (Å²) in [6.45, 7) is 2.13. The predicted octanol–water partition coefficient (Wildman–Crippen LogP) is 3.03. The number of esters is 1. The van der Waals surface area contributed by atoms with Crippen LogP contribution in [0.4, 0.5) is 5.69 Å². The van der Waals surface area contributed by atoms with Crippen molar-refractivity contribution in [3.63, 3.8) is 0 Å². The maximum absolute atomic E-state index is 12.4. The molecule has 0 aliphatic carbocycles. The van der Waals surface area contributed by atoms with Crippen molar-refractivity contribution in [2.75, 3.05) is 25.5 Å². The van der Waals surface area contributed by atoms with Crippen LogP contribution in [0, 0.1) is 0 Å². The van der Waals surface area contributed by atoms with E-state index in [4.69, 9.17) is 4.74 Å². The molecule has 4 nitrogen and oxygen atoms in total. The van der Waals surface area contributed by atoms with Crippen molar-refractivity contribution >= 4 is 27.6 Å². The van der Waals surface area contributed by atoms with E-state index in [2.05, 4.69) is 26.1 Å². The van der Waals surface area contributed by atoms with Gasteiger partial charge in [0.15, 0.2) is 0 Å².